The van der Waals surface area contributed by atoms with Crippen molar-refractivity contribution in [2.45, 2.75) is 51.5 Å². The van der Waals surface area contributed by atoms with Gasteiger partial charge in [0.05, 0.1) is 5.75 Å². The molecular weight excluding hydrogens is 248 g/mol. The van der Waals surface area contributed by atoms with Crippen LogP contribution in [0.1, 0.15) is 45.4 Å². The normalized spacial score (nSPS) is 26.2. The zero-order valence-corrected chi connectivity index (χ0v) is 12.2. The van der Waals surface area contributed by atoms with E-state index in [2.05, 4.69) is 12.2 Å². The number of hydrogen-bond donors (Lipinski definition) is 1. The summed E-state index contributed by atoms with van der Waals surface area (Å²) in [5.41, 5.74) is 0. The van der Waals surface area contributed by atoms with Crippen molar-refractivity contribution < 1.29 is 8.42 Å². The van der Waals surface area contributed by atoms with Gasteiger partial charge in [0.15, 0.2) is 0 Å². The SMILES string of the molecule is CCCN(C1CCNC1)S(=O)(=O)CC1CCCC1. The third kappa shape index (κ3) is 3.45. The maximum Gasteiger partial charge on any atom is 0.214 e. The Kier molecular flexibility index (Phi) is 5.04. The molecule has 0 radical (unpaired) electrons. The Bertz CT molecular complexity index is 344. The first-order valence-corrected chi connectivity index (χ1v) is 8.94. The fourth-order valence-electron chi connectivity index (χ4n) is 3.23. The van der Waals surface area contributed by atoms with Crippen LogP contribution in [0.25, 0.3) is 0 Å². The molecule has 2 aliphatic rings. The smallest absolute Gasteiger partial charge is 0.214 e. The molecule has 0 spiro atoms. The molecule has 0 aromatic carbocycles. The summed E-state index contributed by atoms with van der Waals surface area (Å²) < 4.78 is 26.9. The molecule has 0 bridgehead atoms. The first kappa shape index (κ1) is 14.3. The van der Waals surface area contributed by atoms with E-state index in [1.165, 1.54) is 12.8 Å². The van der Waals surface area contributed by atoms with E-state index in [1.807, 2.05) is 0 Å². The molecule has 1 saturated heterocycles. The van der Waals surface area contributed by atoms with Crippen LogP contribution in [-0.2, 0) is 10.0 Å². The summed E-state index contributed by atoms with van der Waals surface area (Å²) in [6.07, 6.45) is 6.48. The van der Waals surface area contributed by atoms with E-state index in [4.69, 9.17) is 0 Å². The van der Waals surface area contributed by atoms with E-state index >= 15 is 0 Å². The van der Waals surface area contributed by atoms with Gasteiger partial charge in [0.25, 0.3) is 0 Å². The lowest BCUT2D eigenvalue weighted by Crippen LogP contribution is -2.44. The van der Waals surface area contributed by atoms with Crippen molar-refractivity contribution in [3.05, 3.63) is 0 Å². The number of nitrogens with zero attached hydrogens (tertiary/aromatic N) is 1. The molecule has 18 heavy (non-hydrogen) atoms. The Morgan fingerprint density at radius 2 is 1.94 bits per heavy atom. The van der Waals surface area contributed by atoms with Crippen molar-refractivity contribution in [1.29, 1.82) is 0 Å². The van der Waals surface area contributed by atoms with Gasteiger partial charge in [0.2, 0.25) is 10.0 Å². The van der Waals surface area contributed by atoms with Gasteiger partial charge in [0, 0.05) is 19.1 Å². The maximum absolute atomic E-state index is 12.6. The Labute approximate surface area is 111 Å². The van der Waals surface area contributed by atoms with Crippen LogP contribution in [0.4, 0.5) is 0 Å². The zero-order chi connectivity index (χ0) is 13.0. The molecule has 1 heterocycles. The summed E-state index contributed by atoms with van der Waals surface area (Å²) in [4.78, 5) is 0. The highest BCUT2D eigenvalue weighted by molar-refractivity contribution is 7.89. The Morgan fingerprint density at radius 1 is 1.22 bits per heavy atom. The van der Waals surface area contributed by atoms with Crippen molar-refractivity contribution in [3.63, 3.8) is 0 Å². The first-order valence-electron chi connectivity index (χ1n) is 7.33. The summed E-state index contributed by atoms with van der Waals surface area (Å²) in [5, 5.41) is 3.27. The largest absolute Gasteiger partial charge is 0.315 e. The third-order valence-electron chi connectivity index (χ3n) is 4.16. The molecule has 106 valence electrons. The van der Waals surface area contributed by atoms with Crippen molar-refractivity contribution in [1.82, 2.24) is 9.62 Å². The summed E-state index contributed by atoms with van der Waals surface area (Å²) >= 11 is 0. The van der Waals surface area contributed by atoms with Gasteiger partial charge < -0.3 is 5.32 Å². The zero-order valence-electron chi connectivity index (χ0n) is 11.4. The van der Waals surface area contributed by atoms with Crippen LogP contribution in [-0.4, -0.2) is 44.2 Å². The van der Waals surface area contributed by atoms with Gasteiger partial charge in [-0.05, 0) is 38.1 Å². The highest BCUT2D eigenvalue weighted by Gasteiger charge is 2.33. The molecule has 0 amide bonds. The van der Waals surface area contributed by atoms with Crippen LogP contribution >= 0.6 is 0 Å². The van der Waals surface area contributed by atoms with Gasteiger partial charge in [0.1, 0.15) is 0 Å². The second-order valence-electron chi connectivity index (χ2n) is 5.69. The molecule has 1 aliphatic heterocycles. The van der Waals surface area contributed by atoms with Crippen molar-refractivity contribution in [2.75, 3.05) is 25.4 Å². The van der Waals surface area contributed by atoms with Crippen LogP contribution < -0.4 is 5.32 Å². The van der Waals surface area contributed by atoms with E-state index in [1.54, 1.807) is 4.31 Å². The van der Waals surface area contributed by atoms with Gasteiger partial charge in [-0.25, -0.2) is 8.42 Å². The molecule has 2 fully saturated rings. The lowest BCUT2D eigenvalue weighted by atomic mass is 10.1. The molecule has 0 aromatic rings. The summed E-state index contributed by atoms with van der Waals surface area (Å²) in [6, 6.07) is 0.191. The fraction of sp³-hybridized carbons (Fsp3) is 1.00. The minimum atomic E-state index is -3.06. The van der Waals surface area contributed by atoms with Crippen LogP contribution in [0.15, 0.2) is 0 Å². The predicted molar refractivity (Wildman–Crippen MR) is 74.0 cm³/mol. The summed E-state index contributed by atoms with van der Waals surface area (Å²) in [6.45, 7) is 4.51. The second-order valence-corrected chi connectivity index (χ2v) is 7.65. The average molecular weight is 274 g/mol. The molecule has 1 atom stereocenters. The monoisotopic (exact) mass is 274 g/mol. The van der Waals surface area contributed by atoms with E-state index in [0.29, 0.717) is 18.2 Å². The molecule has 1 unspecified atom stereocenters. The van der Waals surface area contributed by atoms with Crippen LogP contribution in [0.5, 0.6) is 0 Å². The fourth-order valence-corrected chi connectivity index (χ4v) is 5.44. The van der Waals surface area contributed by atoms with Gasteiger partial charge in [-0.1, -0.05) is 19.8 Å². The number of rotatable bonds is 6. The van der Waals surface area contributed by atoms with E-state index < -0.39 is 10.0 Å². The molecule has 0 aromatic heterocycles. The second kappa shape index (κ2) is 6.35. The van der Waals surface area contributed by atoms with Crippen molar-refractivity contribution in [3.8, 4) is 0 Å². The molecule has 5 heteroatoms. The molecular formula is C13H26N2O2S. The van der Waals surface area contributed by atoms with Crippen LogP contribution in [0.2, 0.25) is 0 Å². The minimum Gasteiger partial charge on any atom is -0.315 e. The van der Waals surface area contributed by atoms with E-state index in [9.17, 15) is 8.42 Å². The van der Waals surface area contributed by atoms with Crippen LogP contribution in [0, 0.1) is 5.92 Å². The lowest BCUT2D eigenvalue weighted by Gasteiger charge is -2.28. The number of nitrogens with one attached hydrogen (secondary N) is 1. The van der Waals surface area contributed by atoms with Gasteiger partial charge in [-0.15, -0.1) is 0 Å². The van der Waals surface area contributed by atoms with Gasteiger partial charge in [-0.3, -0.25) is 0 Å². The Hall–Kier alpha value is -0.130. The molecule has 1 saturated carbocycles. The highest BCUT2D eigenvalue weighted by Crippen LogP contribution is 2.28. The minimum absolute atomic E-state index is 0.191. The first-order chi connectivity index (χ1) is 8.63. The van der Waals surface area contributed by atoms with Crippen LogP contribution in [0.3, 0.4) is 0 Å². The molecule has 4 nitrogen and oxygen atoms in total. The van der Waals surface area contributed by atoms with Gasteiger partial charge in [-0.2, -0.15) is 4.31 Å². The third-order valence-corrected chi connectivity index (χ3v) is 6.25. The summed E-state index contributed by atoms with van der Waals surface area (Å²) in [7, 11) is -3.06. The molecule has 2 rings (SSSR count). The molecule has 1 N–H and O–H groups in total. The molecule has 1 aliphatic carbocycles. The quantitative estimate of drug-likeness (QED) is 0.800. The van der Waals surface area contributed by atoms with Crippen molar-refractivity contribution >= 4 is 10.0 Å². The van der Waals surface area contributed by atoms with Crippen molar-refractivity contribution in [2.24, 2.45) is 5.92 Å². The number of hydrogen-bond acceptors (Lipinski definition) is 3. The average Bonchev–Trinajstić information content (AvgIpc) is 2.97. The lowest BCUT2D eigenvalue weighted by molar-refractivity contribution is 0.331. The highest BCUT2D eigenvalue weighted by atomic mass is 32.2. The number of sulfonamides is 1. The van der Waals surface area contributed by atoms with Gasteiger partial charge >= 0.3 is 0 Å². The topological polar surface area (TPSA) is 49.4 Å². The van der Waals surface area contributed by atoms with E-state index in [0.717, 1.165) is 38.8 Å². The Morgan fingerprint density at radius 3 is 2.50 bits per heavy atom. The maximum atomic E-state index is 12.6. The van der Waals surface area contributed by atoms with E-state index in [-0.39, 0.29) is 6.04 Å². The predicted octanol–water partition coefficient (Wildman–Crippen LogP) is 1.58. The summed E-state index contributed by atoms with van der Waals surface area (Å²) in [5.74, 6) is 0.785. The Balaban J connectivity index is 2.02. The standard InChI is InChI=1S/C13H26N2O2S/c1-2-9-15(13-7-8-14-10-13)18(16,17)11-12-5-3-4-6-12/h12-14H,2-11H2,1H3.